The molecule has 1 aromatic heterocycles. The van der Waals surface area contributed by atoms with Crippen LogP contribution in [0.5, 0.6) is 0 Å². The molecular formula is C27H35ClN6OS. The highest BCUT2D eigenvalue weighted by Crippen LogP contribution is 2.21. The lowest BCUT2D eigenvalue weighted by atomic mass is 10.2. The first kappa shape index (κ1) is 26.4. The van der Waals surface area contributed by atoms with Crippen molar-refractivity contribution in [2.24, 2.45) is 0 Å². The molecule has 0 atom stereocenters. The summed E-state index contributed by atoms with van der Waals surface area (Å²) < 4.78 is 0.479. The number of hydrogen-bond donors (Lipinski definition) is 3. The number of nitrogens with zero attached hydrogens (tertiary/aromatic N) is 3. The Kier molecular flexibility index (Phi) is 9.95. The summed E-state index contributed by atoms with van der Waals surface area (Å²) in [7, 11) is 0. The summed E-state index contributed by atoms with van der Waals surface area (Å²) in [4.78, 5) is 24.6. The first-order valence-electron chi connectivity index (χ1n) is 12.8. The number of H-pyrrole nitrogens is 1. The number of aromatic nitrogens is 2. The van der Waals surface area contributed by atoms with E-state index in [1.54, 1.807) is 0 Å². The van der Waals surface area contributed by atoms with Gasteiger partial charge in [0.05, 0.1) is 5.52 Å². The summed E-state index contributed by atoms with van der Waals surface area (Å²) in [5.41, 5.74) is 2.18. The third-order valence-corrected chi connectivity index (χ3v) is 6.96. The minimum atomic E-state index is 0.149. The Balaban J connectivity index is 1.03. The van der Waals surface area contributed by atoms with Gasteiger partial charge in [0, 0.05) is 61.8 Å². The molecule has 0 aliphatic carbocycles. The van der Waals surface area contributed by atoms with E-state index < -0.39 is 0 Å². The molecule has 0 bridgehead atoms. The van der Waals surface area contributed by atoms with E-state index in [9.17, 15) is 4.79 Å². The molecule has 7 nitrogen and oxygen atoms in total. The van der Waals surface area contributed by atoms with Crippen LogP contribution in [0.1, 0.15) is 32.1 Å². The van der Waals surface area contributed by atoms with Crippen molar-refractivity contribution in [3.63, 3.8) is 0 Å². The van der Waals surface area contributed by atoms with E-state index in [2.05, 4.69) is 36.5 Å². The van der Waals surface area contributed by atoms with Gasteiger partial charge in [-0.1, -0.05) is 36.2 Å². The third-order valence-electron chi connectivity index (χ3n) is 6.53. The van der Waals surface area contributed by atoms with E-state index in [0.29, 0.717) is 11.2 Å². The van der Waals surface area contributed by atoms with Crippen LogP contribution in [0.25, 0.3) is 10.9 Å². The van der Waals surface area contributed by atoms with Gasteiger partial charge in [-0.05, 0) is 68.4 Å². The molecule has 1 saturated heterocycles. The summed E-state index contributed by atoms with van der Waals surface area (Å²) in [6.45, 7) is 6.64. The number of unbranched alkanes of at least 4 members (excludes halogenated alkanes) is 2. The van der Waals surface area contributed by atoms with Crippen LogP contribution in [0.15, 0.2) is 48.5 Å². The Labute approximate surface area is 223 Å². The number of aromatic amines is 1. The number of piperazine rings is 1. The summed E-state index contributed by atoms with van der Waals surface area (Å²) >= 11 is 11.3. The van der Waals surface area contributed by atoms with E-state index in [4.69, 9.17) is 23.8 Å². The van der Waals surface area contributed by atoms with Crippen LogP contribution in [0.3, 0.4) is 0 Å². The zero-order valence-electron chi connectivity index (χ0n) is 20.6. The van der Waals surface area contributed by atoms with Crippen molar-refractivity contribution >= 4 is 52.1 Å². The fraction of sp³-hybridized carbons (Fsp3) is 0.444. The molecule has 2 heterocycles. The lowest BCUT2D eigenvalue weighted by molar-refractivity contribution is -0.121. The second-order valence-electron chi connectivity index (χ2n) is 9.19. The van der Waals surface area contributed by atoms with Gasteiger partial charge in [0.1, 0.15) is 5.82 Å². The van der Waals surface area contributed by atoms with Crippen LogP contribution in [0.4, 0.5) is 11.5 Å². The van der Waals surface area contributed by atoms with Crippen LogP contribution < -0.4 is 15.5 Å². The molecule has 0 saturated carbocycles. The van der Waals surface area contributed by atoms with Crippen molar-refractivity contribution in [1.29, 1.82) is 0 Å². The number of amides is 1. The van der Waals surface area contributed by atoms with Crippen LogP contribution in [0, 0.1) is 4.77 Å². The molecule has 0 spiro atoms. The average molecular weight is 527 g/mol. The lowest BCUT2D eigenvalue weighted by Gasteiger charge is -2.36. The monoisotopic (exact) mass is 526 g/mol. The van der Waals surface area contributed by atoms with Gasteiger partial charge in [-0.2, -0.15) is 0 Å². The maximum atomic E-state index is 12.2. The van der Waals surface area contributed by atoms with E-state index in [1.807, 2.05) is 42.5 Å². The molecule has 1 amide bonds. The van der Waals surface area contributed by atoms with Gasteiger partial charge in [-0.25, -0.2) is 4.98 Å². The highest BCUT2D eigenvalue weighted by atomic mass is 35.5. The van der Waals surface area contributed by atoms with Gasteiger partial charge in [-0.3, -0.25) is 9.69 Å². The fourth-order valence-corrected chi connectivity index (χ4v) is 4.94. The average Bonchev–Trinajstić information content (AvgIpc) is 2.89. The van der Waals surface area contributed by atoms with E-state index in [-0.39, 0.29) is 5.91 Å². The molecule has 1 aliphatic rings. The van der Waals surface area contributed by atoms with Crippen molar-refractivity contribution < 1.29 is 4.79 Å². The molecule has 3 aromatic rings. The van der Waals surface area contributed by atoms with Crippen molar-refractivity contribution in [3.8, 4) is 0 Å². The normalized spacial score (nSPS) is 14.2. The van der Waals surface area contributed by atoms with Crippen molar-refractivity contribution in [1.82, 2.24) is 20.2 Å². The minimum absolute atomic E-state index is 0.149. The molecule has 2 aromatic carbocycles. The molecule has 192 valence electrons. The van der Waals surface area contributed by atoms with Crippen LogP contribution in [-0.4, -0.2) is 66.6 Å². The Bertz CT molecular complexity index is 1190. The van der Waals surface area contributed by atoms with E-state index in [1.165, 1.54) is 5.69 Å². The van der Waals surface area contributed by atoms with Gasteiger partial charge in [0.15, 0.2) is 4.77 Å². The molecular weight excluding hydrogens is 492 g/mol. The quantitative estimate of drug-likeness (QED) is 0.221. The molecule has 1 aliphatic heterocycles. The predicted molar refractivity (Wildman–Crippen MR) is 152 cm³/mol. The van der Waals surface area contributed by atoms with Crippen LogP contribution >= 0.6 is 23.8 Å². The first-order chi connectivity index (χ1) is 17.6. The highest BCUT2D eigenvalue weighted by Gasteiger charge is 2.17. The predicted octanol–water partition coefficient (Wildman–Crippen LogP) is 5.25. The number of hydrogen-bond acceptors (Lipinski definition) is 6. The zero-order chi connectivity index (χ0) is 25.2. The van der Waals surface area contributed by atoms with Gasteiger partial charge in [0.2, 0.25) is 5.91 Å². The smallest absolute Gasteiger partial charge is 0.219 e. The van der Waals surface area contributed by atoms with E-state index >= 15 is 0 Å². The van der Waals surface area contributed by atoms with Crippen LogP contribution in [0.2, 0.25) is 5.02 Å². The number of benzene rings is 2. The Morgan fingerprint density at radius 3 is 2.67 bits per heavy atom. The number of anilines is 2. The third kappa shape index (κ3) is 7.91. The summed E-state index contributed by atoms with van der Waals surface area (Å²) in [5.74, 6) is 0.966. The Morgan fingerprint density at radius 2 is 1.83 bits per heavy atom. The first-order valence-corrected chi connectivity index (χ1v) is 13.6. The summed E-state index contributed by atoms with van der Waals surface area (Å²) in [6.07, 6.45) is 4.43. The zero-order valence-corrected chi connectivity index (χ0v) is 22.2. The number of carbonyl (C=O) groups excluding carboxylic acids is 1. The number of halogens is 1. The number of para-hydroxylation sites is 1. The van der Waals surface area contributed by atoms with Crippen molar-refractivity contribution in [3.05, 3.63) is 58.3 Å². The molecule has 4 rings (SSSR count). The molecule has 3 N–H and O–H groups in total. The molecule has 1 fully saturated rings. The number of rotatable bonds is 12. The second kappa shape index (κ2) is 13.6. The molecule has 0 unspecified atom stereocenters. The largest absolute Gasteiger partial charge is 0.369 e. The van der Waals surface area contributed by atoms with E-state index in [0.717, 1.165) is 93.2 Å². The number of carbonyl (C=O) groups is 1. The fourth-order valence-electron chi connectivity index (χ4n) is 4.55. The SMILES string of the molecule is O=C(CCCCCNc1nc(=S)[nH]c2ccccc12)NCCCN1CCN(c2cccc(Cl)c2)CC1. The minimum Gasteiger partial charge on any atom is -0.369 e. The summed E-state index contributed by atoms with van der Waals surface area (Å²) in [6, 6.07) is 16.1. The van der Waals surface area contributed by atoms with Crippen molar-refractivity contribution in [2.75, 3.05) is 56.0 Å². The standard InChI is InChI=1S/C27H35ClN6OS/c28-21-8-6-9-22(20-21)34-18-16-33(17-19-34)15-7-14-29-25(35)12-2-1-5-13-30-26-23-10-3-4-11-24(23)31-27(36)32-26/h3-4,6,8-11,20H,1-2,5,7,12-19H2,(H,29,35)(H2,30,31,32,36). The van der Waals surface area contributed by atoms with Gasteiger partial charge in [0.25, 0.3) is 0 Å². The number of fused-ring (bicyclic) bond motifs is 1. The Hall–Kier alpha value is -2.68. The van der Waals surface area contributed by atoms with Crippen LogP contribution in [-0.2, 0) is 4.79 Å². The van der Waals surface area contributed by atoms with Crippen molar-refractivity contribution in [2.45, 2.75) is 32.1 Å². The van der Waals surface area contributed by atoms with Gasteiger partial charge >= 0.3 is 0 Å². The summed E-state index contributed by atoms with van der Waals surface area (Å²) in [5, 5.41) is 8.29. The second-order valence-corrected chi connectivity index (χ2v) is 10.0. The number of nitrogens with one attached hydrogen (secondary N) is 3. The molecule has 36 heavy (non-hydrogen) atoms. The van der Waals surface area contributed by atoms with Gasteiger partial charge in [-0.15, -0.1) is 0 Å². The molecule has 0 radical (unpaired) electrons. The maximum Gasteiger partial charge on any atom is 0.219 e. The topological polar surface area (TPSA) is 76.3 Å². The van der Waals surface area contributed by atoms with Gasteiger partial charge < -0.3 is 20.5 Å². The molecule has 9 heteroatoms. The lowest BCUT2D eigenvalue weighted by Crippen LogP contribution is -2.47. The highest BCUT2D eigenvalue weighted by molar-refractivity contribution is 7.71. The maximum absolute atomic E-state index is 12.2. The Morgan fingerprint density at radius 1 is 1.00 bits per heavy atom.